The number of halogens is 1. The Morgan fingerprint density at radius 3 is 2.58 bits per heavy atom. The van der Waals surface area contributed by atoms with Crippen molar-refractivity contribution in [2.24, 2.45) is 5.92 Å². The molecule has 1 aromatic carbocycles. The SMILES string of the molecule is C[C@@H](C[C@]1(C)CNCN1)C(=O)N1CCC(c2ccc(Cl)cc2)CC1. The maximum atomic E-state index is 12.8. The van der Waals surface area contributed by atoms with Gasteiger partial charge < -0.3 is 10.2 Å². The quantitative estimate of drug-likeness (QED) is 0.878. The minimum atomic E-state index is 0.0384. The van der Waals surface area contributed by atoms with Gasteiger partial charge in [-0.3, -0.25) is 10.1 Å². The third-order valence-corrected chi connectivity index (χ3v) is 5.73. The molecule has 3 rings (SSSR count). The average Bonchev–Trinajstić information content (AvgIpc) is 3.01. The summed E-state index contributed by atoms with van der Waals surface area (Å²) in [6, 6.07) is 8.15. The molecule has 5 heteroatoms. The number of amides is 1. The first-order valence-corrected chi connectivity index (χ1v) is 9.35. The highest BCUT2D eigenvalue weighted by molar-refractivity contribution is 6.30. The van der Waals surface area contributed by atoms with Gasteiger partial charge in [0.25, 0.3) is 0 Å². The topological polar surface area (TPSA) is 44.4 Å². The summed E-state index contributed by atoms with van der Waals surface area (Å²) in [5.74, 6) is 0.911. The summed E-state index contributed by atoms with van der Waals surface area (Å²) in [5, 5.41) is 7.56. The van der Waals surface area contributed by atoms with E-state index in [0.717, 1.165) is 50.6 Å². The fraction of sp³-hybridized carbons (Fsp3) is 0.632. The van der Waals surface area contributed by atoms with Crippen LogP contribution < -0.4 is 10.6 Å². The van der Waals surface area contributed by atoms with Crippen molar-refractivity contribution in [2.75, 3.05) is 26.3 Å². The summed E-state index contributed by atoms with van der Waals surface area (Å²) in [6.07, 6.45) is 2.96. The number of nitrogens with zero attached hydrogens (tertiary/aromatic N) is 1. The lowest BCUT2D eigenvalue weighted by molar-refractivity contribution is -0.136. The van der Waals surface area contributed by atoms with Gasteiger partial charge in [-0.05, 0) is 49.8 Å². The minimum absolute atomic E-state index is 0.0384. The van der Waals surface area contributed by atoms with Gasteiger partial charge in [0.2, 0.25) is 5.91 Å². The molecule has 1 aromatic rings. The normalized spacial score (nSPS) is 26.5. The van der Waals surface area contributed by atoms with Crippen LogP contribution in [0.2, 0.25) is 5.02 Å². The van der Waals surface area contributed by atoms with Gasteiger partial charge >= 0.3 is 0 Å². The van der Waals surface area contributed by atoms with Gasteiger partial charge in [0.15, 0.2) is 0 Å². The molecule has 0 unspecified atom stereocenters. The van der Waals surface area contributed by atoms with E-state index in [0.29, 0.717) is 11.8 Å². The number of likely N-dealkylation sites (tertiary alicyclic amines) is 1. The third-order valence-electron chi connectivity index (χ3n) is 5.48. The van der Waals surface area contributed by atoms with E-state index in [2.05, 4.69) is 41.5 Å². The largest absolute Gasteiger partial charge is 0.342 e. The van der Waals surface area contributed by atoms with Crippen LogP contribution in [0, 0.1) is 5.92 Å². The Labute approximate surface area is 149 Å². The molecule has 132 valence electrons. The highest BCUT2D eigenvalue weighted by Gasteiger charge is 2.34. The Hall–Kier alpha value is -1.10. The zero-order valence-corrected chi connectivity index (χ0v) is 15.4. The molecule has 1 amide bonds. The fourth-order valence-corrected chi connectivity index (χ4v) is 4.19. The molecule has 0 saturated carbocycles. The van der Waals surface area contributed by atoms with E-state index in [4.69, 9.17) is 11.6 Å². The molecule has 2 heterocycles. The first-order chi connectivity index (χ1) is 11.5. The van der Waals surface area contributed by atoms with E-state index in [1.165, 1.54) is 5.56 Å². The van der Waals surface area contributed by atoms with Crippen molar-refractivity contribution in [3.63, 3.8) is 0 Å². The summed E-state index contributed by atoms with van der Waals surface area (Å²) < 4.78 is 0. The molecule has 2 aliphatic rings. The monoisotopic (exact) mass is 349 g/mol. The summed E-state index contributed by atoms with van der Waals surface area (Å²) >= 11 is 5.97. The Morgan fingerprint density at radius 2 is 2.00 bits per heavy atom. The van der Waals surface area contributed by atoms with Crippen LogP contribution in [-0.4, -0.2) is 42.6 Å². The van der Waals surface area contributed by atoms with Crippen molar-refractivity contribution in [1.29, 1.82) is 0 Å². The van der Waals surface area contributed by atoms with E-state index in [-0.39, 0.29) is 11.5 Å². The molecule has 24 heavy (non-hydrogen) atoms. The maximum absolute atomic E-state index is 12.8. The maximum Gasteiger partial charge on any atom is 0.225 e. The van der Waals surface area contributed by atoms with Crippen molar-refractivity contribution in [3.05, 3.63) is 34.9 Å². The first-order valence-electron chi connectivity index (χ1n) is 8.97. The van der Waals surface area contributed by atoms with Gasteiger partial charge in [-0.25, -0.2) is 0 Å². The van der Waals surface area contributed by atoms with Gasteiger partial charge in [0.05, 0.1) is 0 Å². The van der Waals surface area contributed by atoms with E-state index in [1.54, 1.807) is 0 Å². The van der Waals surface area contributed by atoms with Crippen molar-refractivity contribution >= 4 is 17.5 Å². The van der Waals surface area contributed by atoms with Gasteiger partial charge in [-0.15, -0.1) is 0 Å². The van der Waals surface area contributed by atoms with Crippen LogP contribution >= 0.6 is 11.6 Å². The summed E-state index contributed by atoms with van der Waals surface area (Å²) in [5.41, 5.74) is 1.38. The number of benzene rings is 1. The van der Waals surface area contributed by atoms with Crippen LogP contribution in [0.3, 0.4) is 0 Å². The van der Waals surface area contributed by atoms with Crippen LogP contribution in [0.1, 0.15) is 44.6 Å². The van der Waals surface area contributed by atoms with Crippen LogP contribution in [0.5, 0.6) is 0 Å². The molecule has 2 fully saturated rings. The second kappa shape index (κ2) is 7.42. The van der Waals surface area contributed by atoms with Gasteiger partial charge in [0, 0.05) is 42.8 Å². The van der Waals surface area contributed by atoms with Gasteiger partial charge in [0.1, 0.15) is 0 Å². The van der Waals surface area contributed by atoms with Crippen molar-refractivity contribution in [1.82, 2.24) is 15.5 Å². The number of carbonyl (C=O) groups excluding carboxylic acids is 1. The lowest BCUT2D eigenvalue weighted by Gasteiger charge is -2.35. The third kappa shape index (κ3) is 4.11. The average molecular weight is 350 g/mol. The van der Waals surface area contributed by atoms with Gasteiger partial charge in [-0.2, -0.15) is 0 Å². The van der Waals surface area contributed by atoms with E-state index in [1.807, 2.05) is 12.1 Å². The number of hydrogen-bond donors (Lipinski definition) is 2. The van der Waals surface area contributed by atoms with Crippen LogP contribution in [0.25, 0.3) is 0 Å². The van der Waals surface area contributed by atoms with Crippen molar-refractivity contribution in [2.45, 2.75) is 44.6 Å². The molecule has 0 spiro atoms. The second-order valence-electron chi connectivity index (χ2n) is 7.60. The highest BCUT2D eigenvalue weighted by Crippen LogP contribution is 2.30. The summed E-state index contributed by atoms with van der Waals surface area (Å²) in [6.45, 7) is 7.76. The van der Waals surface area contributed by atoms with Crippen molar-refractivity contribution in [3.8, 4) is 0 Å². The lowest BCUT2D eigenvalue weighted by atomic mass is 9.87. The predicted octanol–water partition coefficient (Wildman–Crippen LogP) is 2.98. The number of rotatable bonds is 4. The van der Waals surface area contributed by atoms with Gasteiger partial charge in [-0.1, -0.05) is 30.7 Å². The molecule has 2 N–H and O–H groups in total. The van der Waals surface area contributed by atoms with E-state index in [9.17, 15) is 4.79 Å². The molecular formula is C19H28ClN3O. The predicted molar refractivity (Wildman–Crippen MR) is 98.2 cm³/mol. The molecule has 2 atom stereocenters. The zero-order valence-electron chi connectivity index (χ0n) is 14.6. The molecule has 0 aliphatic carbocycles. The number of hydrogen-bond acceptors (Lipinski definition) is 3. The first kappa shape index (κ1) is 17.7. The Bertz CT molecular complexity index is 560. The minimum Gasteiger partial charge on any atom is -0.342 e. The fourth-order valence-electron chi connectivity index (χ4n) is 4.06. The van der Waals surface area contributed by atoms with E-state index < -0.39 is 0 Å². The standard InChI is InChI=1S/C19H28ClN3O/c1-14(11-19(2)12-21-13-22-19)18(24)23-9-7-16(8-10-23)15-3-5-17(20)6-4-15/h3-6,14,16,21-22H,7-13H2,1-2H3/t14-,19+/m0/s1. The summed E-state index contributed by atoms with van der Waals surface area (Å²) in [4.78, 5) is 14.8. The number of nitrogens with one attached hydrogen (secondary N) is 2. The van der Waals surface area contributed by atoms with E-state index >= 15 is 0 Å². The van der Waals surface area contributed by atoms with Crippen molar-refractivity contribution < 1.29 is 4.79 Å². The molecule has 0 aromatic heterocycles. The molecule has 4 nitrogen and oxygen atoms in total. The van der Waals surface area contributed by atoms with Crippen LogP contribution in [0.15, 0.2) is 24.3 Å². The summed E-state index contributed by atoms with van der Waals surface area (Å²) in [7, 11) is 0. The number of piperidine rings is 1. The second-order valence-corrected chi connectivity index (χ2v) is 8.03. The Balaban J connectivity index is 1.52. The number of carbonyl (C=O) groups is 1. The smallest absolute Gasteiger partial charge is 0.225 e. The van der Waals surface area contributed by atoms with Crippen LogP contribution in [0.4, 0.5) is 0 Å². The molecule has 0 bridgehead atoms. The molecule has 2 saturated heterocycles. The lowest BCUT2D eigenvalue weighted by Crippen LogP contribution is -2.46. The van der Waals surface area contributed by atoms with Crippen LogP contribution in [-0.2, 0) is 4.79 Å². The molecule has 0 radical (unpaired) electrons. The Morgan fingerprint density at radius 1 is 1.33 bits per heavy atom. The molecular weight excluding hydrogens is 322 g/mol. The highest BCUT2D eigenvalue weighted by atomic mass is 35.5. The molecule has 2 aliphatic heterocycles. The Kier molecular flexibility index (Phi) is 5.48. The zero-order chi connectivity index (χ0) is 17.2.